The minimum atomic E-state index is -0.549. The van der Waals surface area contributed by atoms with Crippen molar-refractivity contribution in [1.82, 2.24) is 0 Å². The molecule has 0 radical (unpaired) electrons. The topological polar surface area (TPSA) is 61.8 Å². The maximum absolute atomic E-state index is 12.9. The van der Waals surface area contributed by atoms with Crippen LogP contribution in [0.25, 0.3) is 0 Å². The van der Waals surface area contributed by atoms with Crippen molar-refractivity contribution < 1.29 is 23.8 Å². The summed E-state index contributed by atoms with van der Waals surface area (Å²) < 4.78 is 17.5. The lowest BCUT2D eigenvalue weighted by Crippen LogP contribution is -2.30. The number of allylic oxidation sites excluding steroid dienone is 8. The zero-order valence-corrected chi connectivity index (χ0v) is 45.9. The number of rotatable bonds is 56. The van der Waals surface area contributed by atoms with E-state index in [0.29, 0.717) is 19.4 Å². The largest absolute Gasteiger partial charge is 0.462 e. The van der Waals surface area contributed by atoms with Gasteiger partial charge in [0.25, 0.3) is 0 Å². The molecule has 5 nitrogen and oxygen atoms in total. The lowest BCUT2D eigenvalue weighted by molar-refractivity contribution is -0.163. The molecule has 0 aromatic rings. The van der Waals surface area contributed by atoms with E-state index < -0.39 is 6.10 Å². The van der Waals surface area contributed by atoms with E-state index in [2.05, 4.69) is 69.4 Å². The van der Waals surface area contributed by atoms with E-state index in [1.165, 1.54) is 212 Å². The van der Waals surface area contributed by atoms with Crippen LogP contribution in [0, 0.1) is 0 Å². The fourth-order valence-electron chi connectivity index (χ4n) is 8.92. The van der Waals surface area contributed by atoms with Gasteiger partial charge in [0.1, 0.15) is 6.61 Å². The minimum Gasteiger partial charge on any atom is -0.462 e. The van der Waals surface area contributed by atoms with E-state index >= 15 is 0 Å². The Morgan fingerprint density at radius 1 is 0.338 bits per heavy atom. The molecule has 0 spiro atoms. The Balaban J connectivity index is 4.25. The number of ether oxygens (including phenoxy) is 3. The van der Waals surface area contributed by atoms with Crippen molar-refractivity contribution in [2.24, 2.45) is 0 Å². The van der Waals surface area contributed by atoms with E-state index in [0.717, 1.165) is 70.6 Å². The van der Waals surface area contributed by atoms with Crippen molar-refractivity contribution in [3.8, 4) is 0 Å². The highest BCUT2D eigenvalue weighted by molar-refractivity contribution is 5.70. The molecule has 0 rings (SSSR count). The Morgan fingerprint density at radius 3 is 1.06 bits per heavy atom. The number of carbonyl (C=O) groups excluding carboxylic acids is 2. The first-order valence-corrected chi connectivity index (χ1v) is 30.2. The van der Waals surface area contributed by atoms with Crippen molar-refractivity contribution >= 4 is 11.9 Å². The van der Waals surface area contributed by atoms with Gasteiger partial charge in [-0.2, -0.15) is 0 Å². The third-order valence-corrected chi connectivity index (χ3v) is 13.4. The molecular weight excluding hydrogens is 837 g/mol. The Kier molecular flexibility index (Phi) is 57.3. The second-order valence-corrected chi connectivity index (χ2v) is 20.2. The quantitative estimate of drug-likeness (QED) is 0.0345. The molecule has 0 saturated carbocycles. The molecule has 0 aromatic heterocycles. The summed E-state index contributed by atoms with van der Waals surface area (Å²) in [4.78, 5) is 25.5. The summed E-state index contributed by atoms with van der Waals surface area (Å²) in [5.41, 5.74) is 0. The summed E-state index contributed by atoms with van der Waals surface area (Å²) >= 11 is 0. The van der Waals surface area contributed by atoms with E-state index in [-0.39, 0.29) is 25.2 Å². The minimum absolute atomic E-state index is 0.0692. The van der Waals surface area contributed by atoms with Gasteiger partial charge in [-0.05, 0) is 57.8 Å². The maximum Gasteiger partial charge on any atom is 0.306 e. The Bertz CT molecular complexity index is 1120. The zero-order valence-electron chi connectivity index (χ0n) is 45.9. The van der Waals surface area contributed by atoms with Gasteiger partial charge in [-0.3, -0.25) is 9.59 Å². The summed E-state index contributed by atoms with van der Waals surface area (Å²) in [5.74, 6) is -0.425. The molecule has 68 heavy (non-hydrogen) atoms. The molecule has 0 aliphatic heterocycles. The van der Waals surface area contributed by atoms with Crippen LogP contribution in [-0.2, 0) is 23.8 Å². The normalized spacial score (nSPS) is 12.5. The smallest absolute Gasteiger partial charge is 0.306 e. The Labute approximate surface area is 424 Å². The first kappa shape index (κ1) is 65.9. The molecule has 0 saturated heterocycles. The van der Waals surface area contributed by atoms with Gasteiger partial charge < -0.3 is 14.2 Å². The van der Waals surface area contributed by atoms with Crippen LogP contribution in [0.2, 0.25) is 0 Å². The summed E-state index contributed by atoms with van der Waals surface area (Å²) in [5, 5.41) is 0. The standard InChI is InChI=1S/C63H116O5/c1-4-7-10-13-16-19-22-25-28-30-31-32-33-34-36-39-42-45-48-51-54-57-63(65)68-61(59-66-58-55-52-49-46-43-40-37-29-26-23-20-17-14-11-8-5-2)60-67-62(64)56-53-50-47-44-41-38-35-27-24-21-18-15-12-9-6-3/h9,12,18,21,27,35,41,44,61H,4-8,10-11,13-17,19-20,22-26,28-34,36-40,42-43,45-60H2,1-3H3/b12-9-,21-18-,35-27-,44-41-/t61-/m1/s1. The Morgan fingerprint density at radius 2 is 0.662 bits per heavy atom. The van der Waals surface area contributed by atoms with Crippen molar-refractivity contribution in [2.45, 2.75) is 322 Å². The van der Waals surface area contributed by atoms with Gasteiger partial charge in [-0.15, -0.1) is 0 Å². The van der Waals surface area contributed by atoms with Crippen LogP contribution < -0.4 is 0 Å². The zero-order chi connectivity index (χ0) is 49.2. The molecule has 0 bridgehead atoms. The monoisotopic (exact) mass is 953 g/mol. The molecule has 0 aliphatic rings. The van der Waals surface area contributed by atoms with Crippen molar-refractivity contribution in [3.05, 3.63) is 48.6 Å². The fraction of sp³-hybridized carbons (Fsp3) is 0.841. The van der Waals surface area contributed by atoms with E-state index in [9.17, 15) is 9.59 Å². The predicted molar refractivity (Wildman–Crippen MR) is 298 cm³/mol. The number of hydrogen-bond acceptors (Lipinski definition) is 5. The lowest BCUT2D eigenvalue weighted by Gasteiger charge is -2.18. The van der Waals surface area contributed by atoms with Gasteiger partial charge in [0, 0.05) is 19.4 Å². The van der Waals surface area contributed by atoms with Gasteiger partial charge in [-0.25, -0.2) is 0 Å². The van der Waals surface area contributed by atoms with Crippen LogP contribution in [0.3, 0.4) is 0 Å². The molecule has 0 amide bonds. The highest BCUT2D eigenvalue weighted by atomic mass is 16.6. The van der Waals surface area contributed by atoms with Gasteiger partial charge >= 0.3 is 11.9 Å². The molecule has 0 aromatic carbocycles. The number of unbranched alkanes of at least 4 members (excludes halogenated alkanes) is 37. The Hall–Kier alpha value is -2.14. The fourth-order valence-corrected chi connectivity index (χ4v) is 8.92. The van der Waals surface area contributed by atoms with Gasteiger partial charge in [0.2, 0.25) is 0 Å². The molecule has 0 fully saturated rings. The third kappa shape index (κ3) is 56.4. The average Bonchev–Trinajstić information content (AvgIpc) is 3.34. The van der Waals surface area contributed by atoms with E-state index in [1.54, 1.807) is 0 Å². The summed E-state index contributed by atoms with van der Waals surface area (Å²) in [6.07, 6.45) is 74.3. The number of hydrogen-bond donors (Lipinski definition) is 0. The number of carbonyl (C=O) groups is 2. The molecule has 0 aliphatic carbocycles. The first-order chi connectivity index (χ1) is 33.6. The molecule has 5 heteroatoms. The first-order valence-electron chi connectivity index (χ1n) is 30.2. The highest BCUT2D eigenvalue weighted by Crippen LogP contribution is 2.17. The second kappa shape index (κ2) is 59.2. The summed E-state index contributed by atoms with van der Waals surface area (Å²) in [6, 6.07) is 0. The van der Waals surface area contributed by atoms with Crippen LogP contribution in [0.15, 0.2) is 48.6 Å². The van der Waals surface area contributed by atoms with Crippen molar-refractivity contribution in [2.75, 3.05) is 19.8 Å². The highest BCUT2D eigenvalue weighted by Gasteiger charge is 2.17. The van der Waals surface area contributed by atoms with Gasteiger partial charge in [0.15, 0.2) is 6.10 Å². The SMILES string of the molecule is CC/C=C\C/C=C\C/C=C\C/C=C\CCCCC(=O)OC[C@@H](COCCCCCCCCCCCCCCCCCC)OC(=O)CCCCCCCCCCCCCCCCCCCCCCC. The average molecular weight is 954 g/mol. The molecule has 1 atom stereocenters. The van der Waals surface area contributed by atoms with Crippen LogP contribution >= 0.6 is 0 Å². The van der Waals surface area contributed by atoms with Crippen LogP contribution in [0.4, 0.5) is 0 Å². The van der Waals surface area contributed by atoms with E-state index in [4.69, 9.17) is 14.2 Å². The number of esters is 2. The van der Waals surface area contributed by atoms with Gasteiger partial charge in [-0.1, -0.05) is 294 Å². The molecule has 0 unspecified atom stereocenters. The lowest BCUT2D eigenvalue weighted by atomic mass is 10.0. The van der Waals surface area contributed by atoms with Crippen molar-refractivity contribution in [3.63, 3.8) is 0 Å². The van der Waals surface area contributed by atoms with Crippen LogP contribution in [0.5, 0.6) is 0 Å². The maximum atomic E-state index is 12.9. The molecule has 0 N–H and O–H groups in total. The van der Waals surface area contributed by atoms with Crippen LogP contribution in [-0.4, -0.2) is 37.9 Å². The van der Waals surface area contributed by atoms with Crippen molar-refractivity contribution in [1.29, 1.82) is 0 Å². The predicted octanol–water partition coefficient (Wildman–Crippen LogP) is 20.7. The molecular formula is C63H116O5. The molecule has 0 heterocycles. The summed E-state index contributed by atoms with van der Waals surface area (Å²) in [7, 11) is 0. The third-order valence-electron chi connectivity index (χ3n) is 13.4. The summed E-state index contributed by atoms with van der Waals surface area (Å²) in [6.45, 7) is 7.74. The van der Waals surface area contributed by atoms with Crippen LogP contribution in [0.1, 0.15) is 316 Å². The molecule has 398 valence electrons. The second-order valence-electron chi connectivity index (χ2n) is 20.2. The van der Waals surface area contributed by atoms with Gasteiger partial charge in [0.05, 0.1) is 6.61 Å². The van der Waals surface area contributed by atoms with E-state index in [1.807, 2.05) is 0 Å².